The van der Waals surface area contributed by atoms with E-state index in [-0.39, 0.29) is 26.1 Å². The molecule has 15 heteroatoms. The highest BCUT2D eigenvalue weighted by Crippen LogP contribution is 2.26. The molecule has 0 aromatic heterocycles. The van der Waals surface area contributed by atoms with Crippen molar-refractivity contribution in [2.75, 3.05) is 26.4 Å². The second-order valence-corrected chi connectivity index (χ2v) is 18.3. The number of hydrogen-bond donors (Lipinski definition) is 7. The van der Waals surface area contributed by atoms with Crippen LogP contribution < -0.4 is 0 Å². The van der Waals surface area contributed by atoms with Gasteiger partial charge >= 0.3 is 11.9 Å². The van der Waals surface area contributed by atoms with Crippen molar-refractivity contribution in [3.05, 3.63) is 24.3 Å². The predicted octanol–water partition coefficient (Wildman–Crippen LogP) is 7.16. The monoisotopic (exact) mass is 945 g/mol. The molecule has 2 aliphatic heterocycles. The van der Waals surface area contributed by atoms with E-state index < -0.39 is 92.7 Å². The summed E-state index contributed by atoms with van der Waals surface area (Å²) in [4.78, 5) is 25.7. The zero-order valence-electron chi connectivity index (χ0n) is 40.7. The number of unbranched alkanes of at least 4 members (excludes halogenated alkanes) is 22. The zero-order chi connectivity index (χ0) is 48.2. The van der Waals surface area contributed by atoms with Crippen molar-refractivity contribution in [1.29, 1.82) is 0 Å². The van der Waals surface area contributed by atoms with Gasteiger partial charge < -0.3 is 64.2 Å². The number of rotatable bonds is 40. The largest absolute Gasteiger partial charge is 0.462 e. The smallest absolute Gasteiger partial charge is 0.306 e. The number of aliphatic hydroxyl groups excluding tert-OH is 7. The molecule has 2 aliphatic rings. The van der Waals surface area contributed by atoms with Crippen molar-refractivity contribution < 1.29 is 73.8 Å². The molecule has 0 amide bonds. The maximum absolute atomic E-state index is 13.0. The summed E-state index contributed by atoms with van der Waals surface area (Å²) in [5.74, 6) is -0.933. The third-order valence-corrected chi connectivity index (χ3v) is 12.4. The van der Waals surface area contributed by atoms with Crippen LogP contribution in [0.15, 0.2) is 24.3 Å². The second-order valence-electron chi connectivity index (χ2n) is 18.3. The Morgan fingerprint density at radius 1 is 0.470 bits per heavy atom. The molecule has 0 aromatic carbocycles. The minimum absolute atomic E-state index is 0.163. The number of esters is 2. The fourth-order valence-corrected chi connectivity index (χ4v) is 8.09. The third kappa shape index (κ3) is 26.7. The van der Waals surface area contributed by atoms with Crippen molar-refractivity contribution in [2.24, 2.45) is 0 Å². The Bertz CT molecular complexity index is 1250. The molecule has 0 aromatic rings. The summed E-state index contributed by atoms with van der Waals surface area (Å²) in [6.07, 6.45) is 22.0. The molecular weight excluding hydrogens is 853 g/mol. The molecule has 7 N–H and O–H groups in total. The van der Waals surface area contributed by atoms with Crippen molar-refractivity contribution in [2.45, 2.75) is 261 Å². The van der Waals surface area contributed by atoms with Gasteiger partial charge in [-0.1, -0.05) is 141 Å². The Labute approximate surface area is 396 Å². The number of ether oxygens (including phenoxy) is 6. The molecule has 2 saturated heterocycles. The molecule has 0 bridgehead atoms. The Morgan fingerprint density at radius 3 is 1.33 bits per heavy atom. The molecule has 66 heavy (non-hydrogen) atoms. The summed E-state index contributed by atoms with van der Waals surface area (Å²) >= 11 is 0. The van der Waals surface area contributed by atoms with Crippen LogP contribution in [-0.4, -0.2) is 142 Å². The lowest BCUT2D eigenvalue weighted by atomic mass is 9.98. The fourth-order valence-electron chi connectivity index (χ4n) is 8.09. The lowest BCUT2D eigenvalue weighted by Crippen LogP contribution is -2.61. The lowest BCUT2D eigenvalue weighted by Gasteiger charge is -2.42. The third-order valence-electron chi connectivity index (χ3n) is 12.4. The van der Waals surface area contributed by atoms with Crippen LogP contribution >= 0.6 is 0 Å². The van der Waals surface area contributed by atoms with E-state index in [0.717, 1.165) is 64.2 Å². The van der Waals surface area contributed by atoms with E-state index in [1.165, 1.54) is 89.9 Å². The van der Waals surface area contributed by atoms with Crippen LogP contribution in [0, 0.1) is 0 Å². The van der Waals surface area contributed by atoms with E-state index in [9.17, 15) is 45.3 Å². The lowest BCUT2D eigenvalue weighted by molar-refractivity contribution is -0.332. The van der Waals surface area contributed by atoms with Gasteiger partial charge in [0.1, 0.15) is 55.4 Å². The van der Waals surface area contributed by atoms with Crippen molar-refractivity contribution in [3.8, 4) is 0 Å². The van der Waals surface area contributed by atoms with Gasteiger partial charge in [0.15, 0.2) is 18.7 Å². The predicted molar refractivity (Wildman–Crippen MR) is 252 cm³/mol. The van der Waals surface area contributed by atoms with Gasteiger partial charge in [-0.05, 0) is 64.2 Å². The van der Waals surface area contributed by atoms with E-state index >= 15 is 0 Å². The maximum Gasteiger partial charge on any atom is 0.306 e. The summed E-state index contributed by atoms with van der Waals surface area (Å²) in [6, 6.07) is 0. The number of hydrogen-bond acceptors (Lipinski definition) is 15. The summed E-state index contributed by atoms with van der Waals surface area (Å²) < 4.78 is 33.6. The number of allylic oxidation sites excluding steroid dienone is 4. The number of carbonyl (C=O) groups is 2. The van der Waals surface area contributed by atoms with E-state index in [1.54, 1.807) is 0 Å². The average molecular weight is 945 g/mol. The van der Waals surface area contributed by atoms with Crippen LogP contribution in [0.3, 0.4) is 0 Å². The first-order valence-corrected chi connectivity index (χ1v) is 25.9. The SMILES string of the molecule is CCCCCC/C=C/CCCCCCCCCCCC(=O)O[C@H](COC(=O)CCCCCCC/C=C/CCCCCC)CO[C@H]1O[C@@H](CO[C@H]2O[C@@H](CO)[C@@H](O)C(O)C2O)[C@@H](O)C(O)C1O. The molecule has 15 nitrogen and oxygen atoms in total. The first kappa shape index (κ1) is 60.1. The summed E-state index contributed by atoms with van der Waals surface area (Å²) in [7, 11) is 0. The first-order valence-electron chi connectivity index (χ1n) is 25.9. The number of carbonyl (C=O) groups excluding carboxylic acids is 2. The molecule has 0 radical (unpaired) electrons. The minimum Gasteiger partial charge on any atom is -0.462 e. The zero-order valence-corrected chi connectivity index (χ0v) is 40.7. The number of aliphatic hydroxyl groups is 7. The molecule has 2 rings (SSSR count). The first-order chi connectivity index (χ1) is 32.0. The van der Waals surface area contributed by atoms with Gasteiger partial charge in [0.25, 0.3) is 0 Å². The topological polar surface area (TPSA) is 231 Å². The normalized spacial score (nSPS) is 26.3. The van der Waals surface area contributed by atoms with Crippen LogP contribution in [0.5, 0.6) is 0 Å². The van der Waals surface area contributed by atoms with Gasteiger partial charge in [0.2, 0.25) is 0 Å². The average Bonchev–Trinajstić information content (AvgIpc) is 3.31. The van der Waals surface area contributed by atoms with Crippen molar-refractivity contribution in [3.63, 3.8) is 0 Å². The Kier molecular flexibility index (Phi) is 35.3. The molecule has 0 saturated carbocycles. The van der Waals surface area contributed by atoms with Crippen LogP contribution in [0.4, 0.5) is 0 Å². The fraction of sp³-hybridized carbons (Fsp3) is 0.882. The van der Waals surface area contributed by atoms with Crippen LogP contribution in [0.1, 0.15) is 194 Å². The van der Waals surface area contributed by atoms with E-state index in [2.05, 4.69) is 38.2 Å². The van der Waals surface area contributed by atoms with Gasteiger partial charge in [-0.2, -0.15) is 0 Å². The van der Waals surface area contributed by atoms with Gasteiger partial charge in [-0.15, -0.1) is 0 Å². The van der Waals surface area contributed by atoms with Crippen LogP contribution in [0.2, 0.25) is 0 Å². The Hall–Kier alpha value is -2.02. The second kappa shape index (κ2) is 38.8. The molecular formula is C51H92O15. The maximum atomic E-state index is 13.0. The van der Waals surface area contributed by atoms with Gasteiger partial charge in [0, 0.05) is 12.8 Å². The summed E-state index contributed by atoms with van der Waals surface area (Å²) in [5.41, 5.74) is 0. The highest BCUT2D eigenvalue weighted by atomic mass is 16.7. The van der Waals surface area contributed by atoms with E-state index in [4.69, 9.17) is 28.4 Å². The molecule has 11 atom stereocenters. The van der Waals surface area contributed by atoms with E-state index in [1.807, 2.05) is 0 Å². The molecule has 0 spiro atoms. The van der Waals surface area contributed by atoms with Gasteiger partial charge in [-0.25, -0.2) is 0 Å². The standard InChI is InChI=1S/C51H92O15/c1-3-5-7-9-11-13-15-17-18-19-20-22-24-26-28-30-32-34-43(54)64-39(36-61-42(53)33-31-29-27-25-23-21-16-14-12-10-8-6-4-2)37-62-50-49(60)47(58)45(56)41(66-50)38-63-51-48(59)46(57)44(55)40(35-52)65-51/h13-16,39-41,44-52,55-60H,3-12,17-38H2,1-2H3/b15-13+,16-14+/t39-,40+,41+,44-,45-,46?,47?,48?,49?,50+,51+/m1/s1. The highest BCUT2D eigenvalue weighted by molar-refractivity contribution is 5.70. The molecule has 4 unspecified atom stereocenters. The van der Waals surface area contributed by atoms with Gasteiger partial charge in [0.05, 0.1) is 19.8 Å². The Morgan fingerprint density at radius 2 is 0.864 bits per heavy atom. The van der Waals surface area contributed by atoms with E-state index in [0.29, 0.717) is 12.8 Å². The van der Waals surface area contributed by atoms with Gasteiger partial charge in [-0.3, -0.25) is 9.59 Å². The molecule has 0 aliphatic carbocycles. The molecule has 2 fully saturated rings. The summed E-state index contributed by atoms with van der Waals surface area (Å²) in [5, 5.41) is 72.0. The minimum atomic E-state index is -1.76. The van der Waals surface area contributed by atoms with Crippen molar-refractivity contribution >= 4 is 11.9 Å². The molecule has 2 heterocycles. The van der Waals surface area contributed by atoms with Crippen LogP contribution in [0.25, 0.3) is 0 Å². The van der Waals surface area contributed by atoms with Crippen LogP contribution in [-0.2, 0) is 38.0 Å². The van der Waals surface area contributed by atoms with Crippen molar-refractivity contribution in [1.82, 2.24) is 0 Å². The highest BCUT2D eigenvalue weighted by Gasteiger charge is 2.47. The quantitative estimate of drug-likeness (QED) is 0.0184. The summed E-state index contributed by atoms with van der Waals surface area (Å²) in [6.45, 7) is 2.56. The Balaban J connectivity index is 1.81. The molecule has 386 valence electrons.